The summed E-state index contributed by atoms with van der Waals surface area (Å²) in [6, 6.07) is 7.59. The number of rotatable bonds is 8. The fourth-order valence-corrected chi connectivity index (χ4v) is 4.03. The second kappa shape index (κ2) is 11.4. The molecular weight excluding hydrogens is 436 g/mol. The fraction of sp³-hybridized carbons (Fsp3) is 0.560. The van der Waals surface area contributed by atoms with Crippen LogP contribution in [0.5, 0.6) is 5.75 Å². The normalized spacial score (nSPS) is 14.7. The second-order valence-corrected chi connectivity index (χ2v) is 9.40. The molecular formula is C25H36N4O5. The molecule has 0 aliphatic carbocycles. The molecule has 2 amide bonds. The Kier molecular flexibility index (Phi) is 8.55. The molecule has 0 unspecified atom stereocenters. The van der Waals surface area contributed by atoms with Crippen molar-refractivity contribution in [1.82, 2.24) is 20.0 Å². The van der Waals surface area contributed by atoms with Crippen LogP contribution >= 0.6 is 0 Å². The van der Waals surface area contributed by atoms with Gasteiger partial charge in [0.1, 0.15) is 11.4 Å². The van der Waals surface area contributed by atoms with E-state index in [9.17, 15) is 9.59 Å². The molecule has 186 valence electrons. The Hall–Kier alpha value is -3.07. The third-order valence-corrected chi connectivity index (χ3v) is 5.71. The van der Waals surface area contributed by atoms with Crippen LogP contribution in [0.3, 0.4) is 0 Å². The largest absolute Gasteiger partial charge is 0.497 e. The molecule has 2 aromatic rings. The van der Waals surface area contributed by atoms with Crippen molar-refractivity contribution in [3.63, 3.8) is 0 Å². The van der Waals surface area contributed by atoms with E-state index in [4.69, 9.17) is 14.2 Å². The van der Waals surface area contributed by atoms with Crippen molar-refractivity contribution in [2.24, 2.45) is 0 Å². The summed E-state index contributed by atoms with van der Waals surface area (Å²) in [5, 5.41) is 7.54. The van der Waals surface area contributed by atoms with Crippen LogP contribution in [0, 0.1) is 0 Å². The summed E-state index contributed by atoms with van der Waals surface area (Å²) in [7, 11) is 3.27. The van der Waals surface area contributed by atoms with E-state index in [2.05, 4.69) is 10.4 Å². The molecule has 0 radical (unpaired) electrons. The molecule has 1 aromatic heterocycles. The molecule has 34 heavy (non-hydrogen) atoms. The van der Waals surface area contributed by atoms with Crippen LogP contribution in [-0.2, 0) is 9.47 Å². The number of nitrogens with one attached hydrogen (secondary N) is 1. The van der Waals surface area contributed by atoms with Crippen LogP contribution < -0.4 is 10.1 Å². The molecule has 0 spiro atoms. The maximum absolute atomic E-state index is 13.0. The highest BCUT2D eigenvalue weighted by Crippen LogP contribution is 2.33. The molecule has 0 atom stereocenters. The molecule has 0 saturated carbocycles. The molecule has 9 heteroatoms. The van der Waals surface area contributed by atoms with Crippen LogP contribution in [-0.4, -0.2) is 72.7 Å². The molecule has 0 bridgehead atoms. The number of nitrogens with zero attached hydrogens (tertiary/aromatic N) is 3. The summed E-state index contributed by atoms with van der Waals surface area (Å²) in [5.41, 5.74) is 1.74. The third-order valence-electron chi connectivity index (χ3n) is 5.71. The zero-order valence-electron chi connectivity index (χ0n) is 20.8. The van der Waals surface area contributed by atoms with E-state index in [0.717, 1.165) is 23.6 Å². The van der Waals surface area contributed by atoms with Crippen LogP contribution in [0.25, 0.3) is 5.69 Å². The Labute approximate surface area is 201 Å². The number of benzene rings is 1. The molecule has 2 heterocycles. The molecule has 3 rings (SSSR count). The minimum atomic E-state index is -0.533. The van der Waals surface area contributed by atoms with E-state index in [0.29, 0.717) is 44.6 Å². The molecule has 9 nitrogen and oxygen atoms in total. The zero-order valence-corrected chi connectivity index (χ0v) is 20.8. The molecule has 1 fully saturated rings. The van der Waals surface area contributed by atoms with Crippen molar-refractivity contribution in [3.8, 4) is 11.4 Å². The quantitative estimate of drug-likeness (QED) is 0.588. The highest BCUT2D eigenvalue weighted by atomic mass is 16.6. The van der Waals surface area contributed by atoms with Crippen molar-refractivity contribution >= 4 is 12.0 Å². The Bertz CT molecular complexity index is 957. The molecule has 1 saturated heterocycles. The lowest BCUT2D eigenvalue weighted by atomic mass is 9.91. The monoisotopic (exact) mass is 472 g/mol. The number of likely N-dealkylation sites (tertiary alicyclic amines) is 1. The Morgan fingerprint density at radius 3 is 2.38 bits per heavy atom. The molecule has 1 aromatic carbocycles. The van der Waals surface area contributed by atoms with E-state index in [1.165, 1.54) is 0 Å². The van der Waals surface area contributed by atoms with Gasteiger partial charge in [0.2, 0.25) is 0 Å². The summed E-state index contributed by atoms with van der Waals surface area (Å²) in [6.45, 7) is 7.82. The molecule has 1 N–H and O–H groups in total. The van der Waals surface area contributed by atoms with Gasteiger partial charge in [-0.3, -0.25) is 4.79 Å². The van der Waals surface area contributed by atoms with Crippen molar-refractivity contribution in [1.29, 1.82) is 0 Å². The van der Waals surface area contributed by atoms with Gasteiger partial charge in [-0.1, -0.05) is 0 Å². The van der Waals surface area contributed by atoms with E-state index < -0.39 is 5.60 Å². The Balaban J connectivity index is 1.82. The number of methoxy groups -OCH3 is 2. The van der Waals surface area contributed by atoms with Gasteiger partial charge in [-0.2, -0.15) is 5.10 Å². The first-order valence-corrected chi connectivity index (χ1v) is 11.7. The van der Waals surface area contributed by atoms with Crippen molar-refractivity contribution in [3.05, 3.63) is 41.7 Å². The highest BCUT2D eigenvalue weighted by molar-refractivity contribution is 5.95. The van der Waals surface area contributed by atoms with Crippen LogP contribution in [0.1, 0.15) is 62.0 Å². The minimum Gasteiger partial charge on any atom is -0.497 e. The van der Waals surface area contributed by atoms with E-state index in [-0.39, 0.29) is 17.9 Å². The lowest BCUT2D eigenvalue weighted by Crippen LogP contribution is -2.41. The number of carbonyl (C=O) groups is 2. The standard InChI is InChI=1S/C25H36N4O5/c1-25(2,3)34-24(31)28-14-11-18(12-15-28)22-21(23(30)26-13-6-16-32-4)17-27-29(22)19-7-9-20(33-5)10-8-19/h7-10,17-18H,6,11-16H2,1-5H3,(H,26,30). The Morgan fingerprint density at radius 2 is 1.79 bits per heavy atom. The van der Waals surface area contributed by atoms with Gasteiger partial charge < -0.3 is 24.4 Å². The number of piperidine rings is 1. The fourth-order valence-electron chi connectivity index (χ4n) is 4.03. The predicted octanol–water partition coefficient (Wildman–Crippen LogP) is 3.76. The van der Waals surface area contributed by atoms with Gasteiger partial charge in [-0.05, 0) is 64.3 Å². The van der Waals surface area contributed by atoms with Crippen molar-refractivity contribution < 1.29 is 23.8 Å². The SMILES string of the molecule is COCCCNC(=O)c1cnn(-c2ccc(OC)cc2)c1C1CCN(C(=O)OC(C)(C)C)CC1. The van der Waals surface area contributed by atoms with Gasteiger partial charge in [-0.15, -0.1) is 0 Å². The van der Waals surface area contributed by atoms with Gasteiger partial charge >= 0.3 is 6.09 Å². The second-order valence-electron chi connectivity index (χ2n) is 9.40. The number of aromatic nitrogens is 2. The maximum Gasteiger partial charge on any atom is 0.410 e. The highest BCUT2D eigenvalue weighted by Gasteiger charge is 2.32. The smallest absolute Gasteiger partial charge is 0.410 e. The topological polar surface area (TPSA) is 94.9 Å². The number of amides is 2. The van der Waals surface area contributed by atoms with Crippen molar-refractivity contribution in [2.75, 3.05) is 40.5 Å². The molecule has 1 aliphatic rings. The summed E-state index contributed by atoms with van der Waals surface area (Å²) in [6.07, 6.45) is 3.49. The lowest BCUT2D eigenvalue weighted by Gasteiger charge is -2.34. The first-order valence-electron chi connectivity index (χ1n) is 11.7. The third kappa shape index (κ3) is 6.50. The maximum atomic E-state index is 13.0. The van der Waals surface area contributed by atoms with E-state index in [1.54, 1.807) is 25.3 Å². The van der Waals surface area contributed by atoms with Gasteiger partial charge in [-0.25, -0.2) is 9.48 Å². The first kappa shape index (κ1) is 25.6. The number of ether oxygens (including phenoxy) is 3. The summed E-state index contributed by atoms with van der Waals surface area (Å²) in [5.74, 6) is 0.669. The minimum absolute atomic E-state index is 0.0722. The van der Waals surface area contributed by atoms with Crippen LogP contribution in [0.15, 0.2) is 30.5 Å². The average Bonchev–Trinajstić information content (AvgIpc) is 3.26. The van der Waals surface area contributed by atoms with E-state index in [1.807, 2.05) is 49.7 Å². The zero-order chi connectivity index (χ0) is 24.7. The van der Waals surface area contributed by atoms with Crippen LogP contribution in [0.2, 0.25) is 0 Å². The summed E-state index contributed by atoms with van der Waals surface area (Å²) >= 11 is 0. The summed E-state index contributed by atoms with van der Waals surface area (Å²) in [4.78, 5) is 27.3. The number of hydrogen-bond donors (Lipinski definition) is 1. The van der Waals surface area contributed by atoms with Crippen LogP contribution in [0.4, 0.5) is 4.79 Å². The van der Waals surface area contributed by atoms with Gasteiger partial charge in [0, 0.05) is 39.3 Å². The predicted molar refractivity (Wildman–Crippen MR) is 129 cm³/mol. The summed E-state index contributed by atoms with van der Waals surface area (Å²) < 4.78 is 17.7. The van der Waals surface area contributed by atoms with Gasteiger partial charge in [0.25, 0.3) is 5.91 Å². The molecule has 1 aliphatic heterocycles. The number of hydrogen-bond acceptors (Lipinski definition) is 6. The number of carbonyl (C=O) groups excluding carboxylic acids is 2. The lowest BCUT2D eigenvalue weighted by molar-refractivity contribution is 0.0203. The Morgan fingerprint density at radius 1 is 1.12 bits per heavy atom. The average molecular weight is 473 g/mol. The van der Waals surface area contributed by atoms with E-state index >= 15 is 0 Å². The van der Waals surface area contributed by atoms with Gasteiger partial charge in [0.05, 0.1) is 30.3 Å². The van der Waals surface area contributed by atoms with Crippen molar-refractivity contribution in [2.45, 2.75) is 51.6 Å². The first-order chi connectivity index (χ1) is 16.2. The van der Waals surface area contributed by atoms with Gasteiger partial charge in [0.15, 0.2) is 0 Å².